The van der Waals surface area contributed by atoms with Crippen LogP contribution in [0.1, 0.15) is 43.0 Å². The lowest BCUT2D eigenvalue weighted by molar-refractivity contribution is 0.0717. The van der Waals surface area contributed by atoms with E-state index in [0.29, 0.717) is 11.1 Å². The molecule has 1 aromatic heterocycles. The first-order valence-corrected chi connectivity index (χ1v) is 7.51. The van der Waals surface area contributed by atoms with Crippen LogP contribution < -0.4 is 5.32 Å². The molecule has 1 amide bonds. The van der Waals surface area contributed by atoms with Gasteiger partial charge < -0.3 is 10.4 Å². The molecule has 6 heteroatoms. The van der Waals surface area contributed by atoms with Gasteiger partial charge in [0, 0.05) is 12.1 Å². The Balaban J connectivity index is 1.78. The Bertz CT molecular complexity index is 652. The molecule has 1 aliphatic rings. The minimum atomic E-state index is -0.438. The monoisotopic (exact) mass is 288 g/mol. The summed E-state index contributed by atoms with van der Waals surface area (Å²) in [5.41, 5.74) is 2.20. The molecule has 21 heavy (non-hydrogen) atoms. The Hall–Kier alpha value is -1.95. The first kappa shape index (κ1) is 14.0. The van der Waals surface area contributed by atoms with Crippen molar-refractivity contribution in [2.75, 3.05) is 0 Å². The largest absolute Gasteiger partial charge is 0.391 e. The van der Waals surface area contributed by atoms with Gasteiger partial charge >= 0.3 is 0 Å². The third-order valence-electron chi connectivity index (χ3n) is 4.12. The number of hydrogen-bond acceptors (Lipinski definition) is 4. The number of benzene rings is 1. The number of hydrogen-bond donors (Lipinski definition) is 2. The number of aliphatic hydroxyl groups is 1. The molecule has 1 fully saturated rings. The van der Waals surface area contributed by atoms with Gasteiger partial charge in [0.15, 0.2) is 0 Å². The number of carbonyl (C=O) groups is 1. The van der Waals surface area contributed by atoms with Gasteiger partial charge in [-0.1, -0.05) is 18.1 Å². The summed E-state index contributed by atoms with van der Waals surface area (Å²) >= 11 is 0. The summed E-state index contributed by atoms with van der Waals surface area (Å²) in [5, 5.41) is 21.0. The van der Waals surface area contributed by atoms with Crippen molar-refractivity contribution in [1.82, 2.24) is 20.3 Å². The lowest BCUT2D eigenvalue weighted by atomic mass is 9.92. The number of aryl methyl sites for hydroxylation is 1. The smallest absolute Gasteiger partial charge is 0.251 e. The van der Waals surface area contributed by atoms with E-state index in [1.165, 1.54) is 0 Å². The highest BCUT2D eigenvalue weighted by Gasteiger charge is 2.25. The first-order chi connectivity index (χ1) is 10.2. The number of nitrogens with one attached hydrogen (secondary N) is 1. The molecular formula is C15H20N4O2. The summed E-state index contributed by atoms with van der Waals surface area (Å²) < 4.78 is 1.79. The van der Waals surface area contributed by atoms with E-state index in [1.54, 1.807) is 16.8 Å². The van der Waals surface area contributed by atoms with Crippen molar-refractivity contribution in [2.24, 2.45) is 0 Å². The molecule has 0 spiro atoms. The van der Waals surface area contributed by atoms with E-state index in [0.717, 1.165) is 37.7 Å². The van der Waals surface area contributed by atoms with Crippen molar-refractivity contribution in [3.8, 4) is 0 Å². The summed E-state index contributed by atoms with van der Waals surface area (Å²) in [5.74, 6) is -0.158. The van der Waals surface area contributed by atoms with Gasteiger partial charge in [0.1, 0.15) is 5.52 Å². The van der Waals surface area contributed by atoms with Crippen LogP contribution in [-0.4, -0.2) is 38.2 Å². The molecule has 0 radical (unpaired) electrons. The molecule has 2 unspecified atom stereocenters. The van der Waals surface area contributed by atoms with E-state index in [2.05, 4.69) is 15.6 Å². The van der Waals surface area contributed by atoms with E-state index >= 15 is 0 Å². The van der Waals surface area contributed by atoms with Crippen LogP contribution in [0.2, 0.25) is 0 Å². The van der Waals surface area contributed by atoms with Gasteiger partial charge in [-0.3, -0.25) is 4.79 Å². The summed E-state index contributed by atoms with van der Waals surface area (Å²) in [6, 6.07) is 5.25. The standard InChI is InChI=1S/C15H20N4O2/c1-2-19-13-8-7-10(9-12(13)17-18-19)15(21)16-11-5-3-4-6-14(11)20/h7-9,11,14,20H,2-6H2,1H3,(H,16,21). The predicted molar refractivity (Wildman–Crippen MR) is 78.9 cm³/mol. The lowest BCUT2D eigenvalue weighted by Crippen LogP contribution is -2.45. The summed E-state index contributed by atoms with van der Waals surface area (Å²) in [4.78, 5) is 12.3. The Morgan fingerprint density at radius 1 is 1.43 bits per heavy atom. The van der Waals surface area contributed by atoms with Crippen molar-refractivity contribution in [3.63, 3.8) is 0 Å². The number of amides is 1. The Morgan fingerprint density at radius 2 is 2.24 bits per heavy atom. The Kier molecular flexibility index (Phi) is 3.88. The molecule has 1 aromatic carbocycles. The highest BCUT2D eigenvalue weighted by atomic mass is 16.3. The summed E-state index contributed by atoms with van der Waals surface area (Å²) in [6.45, 7) is 2.75. The molecule has 2 aromatic rings. The molecule has 0 bridgehead atoms. The third-order valence-corrected chi connectivity index (χ3v) is 4.12. The second kappa shape index (κ2) is 5.81. The van der Waals surface area contributed by atoms with E-state index < -0.39 is 6.10 Å². The molecule has 112 valence electrons. The average Bonchev–Trinajstić information content (AvgIpc) is 2.91. The highest BCUT2D eigenvalue weighted by Crippen LogP contribution is 2.19. The number of nitrogens with zero attached hydrogens (tertiary/aromatic N) is 3. The van der Waals surface area contributed by atoms with E-state index in [9.17, 15) is 9.90 Å². The number of fused-ring (bicyclic) bond motifs is 1. The SMILES string of the molecule is CCn1nnc2cc(C(=O)NC3CCCCC3O)ccc21. The Labute approximate surface area is 123 Å². The maximum absolute atomic E-state index is 12.3. The zero-order valence-corrected chi connectivity index (χ0v) is 12.1. The molecule has 1 heterocycles. The molecule has 1 saturated carbocycles. The third kappa shape index (κ3) is 2.76. The summed E-state index contributed by atoms with van der Waals surface area (Å²) in [6.07, 6.45) is 3.23. The molecule has 3 rings (SSSR count). The zero-order valence-electron chi connectivity index (χ0n) is 12.1. The number of aliphatic hydroxyl groups excluding tert-OH is 1. The molecule has 6 nitrogen and oxygen atoms in total. The van der Waals surface area contributed by atoms with Crippen molar-refractivity contribution < 1.29 is 9.90 Å². The highest BCUT2D eigenvalue weighted by molar-refractivity contribution is 5.97. The van der Waals surface area contributed by atoms with Gasteiger partial charge in [-0.2, -0.15) is 0 Å². The van der Waals surface area contributed by atoms with Crippen molar-refractivity contribution in [2.45, 2.75) is 51.3 Å². The van der Waals surface area contributed by atoms with E-state index in [-0.39, 0.29) is 11.9 Å². The molecule has 0 aliphatic heterocycles. The summed E-state index contributed by atoms with van der Waals surface area (Å²) in [7, 11) is 0. The molecular weight excluding hydrogens is 268 g/mol. The van der Waals surface area contributed by atoms with Crippen LogP contribution >= 0.6 is 0 Å². The molecule has 0 saturated heterocycles. The number of aromatic nitrogens is 3. The topological polar surface area (TPSA) is 80.0 Å². The van der Waals surface area contributed by atoms with Gasteiger partial charge in [-0.05, 0) is 38.0 Å². The molecule has 2 atom stereocenters. The van der Waals surface area contributed by atoms with Crippen LogP contribution in [0.25, 0.3) is 11.0 Å². The van der Waals surface area contributed by atoms with Crippen molar-refractivity contribution in [3.05, 3.63) is 23.8 Å². The van der Waals surface area contributed by atoms with Crippen LogP contribution in [0.3, 0.4) is 0 Å². The first-order valence-electron chi connectivity index (χ1n) is 7.51. The van der Waals surface area contributed by atoms with Gasteiger partial charge in [0.2, 0.25) is 0 Å². The van der Waals surface area contributed by atoms with E-state index in [1.807, 2.05) is 13.0 Å². The fourth-order valence-corrected chi connectivity index (χ4v) is 2.88. The minimum Gasteiger partial charge on any atom is -0.391 e. The molecule has 2 N–H and O–H groups in total. The predicted octanol–water partition coefficient (Wildman–Crippen LogP) is 1.48. The van der Waals surface area contributed by atoms with Crippen LogP contribution in [0.5, 0.6) is 0 Å². The van der Waals surface area contributed by atoms with E-state index in [4.69, 9.17) is 0 Å². The van der Waals surface area contributed by atoms with Crippen molar-refractivity contribution in [1.29, 1.82) is 0 Å². The normalized spacial score (nSPS) is 22.4. The molecule has 1 aliphatic carbocycles. The number of carbonyl (C=O) groups excluding carboxylic acids is 1. The van der Waals surface area contributed by atoms with Crippen LogP contribution in [0, 0.1) is 0 Å². The van der Waals surface area contributed by atoms with Crippen LogP contribution in [0.15, 0.2) is 18.2 Å². The Morgan fingerprint density at radius 3 is 3.00 bits per heavy atom. The average molecular weight is 288 g/mol. The maximum atomic E-state index is 12.3. The van der Waals surface area contributed by atoms with Gasteiger partial charge in [-0.25, -0.2) is 4.68 Å². The second-order valence-corrected chi connectivity index (χ2v) is 5.54. The minimum absolute atomic E-state index is 0.145. The van der Waals surface area contributed by atoms with Crippen molar-refractivity contribution >= 4 is 16.9 Å². The zero-order chi connectivity index (χ0) is 14.8. The maximum Gasteiger partial charge on any atom is 0.251 e. The van der Waals surface area contributed by atoms with Gasteiger partial charge in [-0.15, -0.1) is 5.10 Å². The lowest BCUT2D eigenvalue weighted by Gasteiger charge is -2.28. The fourth-order valence-electron chi connectivity index (χ4n) is 2.88. The fraction of sp³-hybridized carbons (Fsp3) is 0.533. The number of rotatable bonds is 3. The van der Waals surface area contributed by atoms with Crippen LogP contribution in [0.4, 0.5) is 0 Å². The quantitative estimate of drug-likeness (QED) is 0.896. The second-order valence-electron chi connectivity index (χ2n) is 5.54. The van der Waals surface area contributed by atoms with Gasteiger partial charge in [0.05, 0.1) is 17.7 Å². The van der Waals surface area contributed by atoms with Crippen LogP contribution in [-0.2, 0) is 6.54 Å². The van der Waals surface area contributed by atoms with Gasteiger partial charge in [0.25, 0.3) is 5.91 Å².